The monoisotopic (exact) mass is 483 g/mol. The quantitative estimate of drug-likeness (QED) is 0.318. The molecular formula is C26H37N5O4. The molecule has 0 atom stereocenters. The second kappa shape index (κ2) is 11.1. The predicted molar refractivity (Wildman–Crippen MR) is 133 cm³/mol. The second-order valence-electron chi connectivity index (χ2n) is 9.81. The molecule has 0 fully saturated rings. The number of rotatable bonds is 11. The molecule has 9 nitrogen and oxygen atoms in total. The van der Waals surface area contributed by atoms with E-state index in [9.17, 15) is 4.79 Å². The summed E-state index contributed by atoms with van der Waals surface area (Å²) in [4.78, 5) is 13.3. The third kappa shape index (κ3) is 6.35. The van der Waals surface area contributed by atoms with Crippen LogP contribution in [-0.2, 0) is 23.3 Å². The summed E-state index contributed by atoms with van der Waals surface area (Å²) in [5.74, 6) is 0.283. The standard InChI is InChI=1S/C26H37N5O4/c1-7-21(8-2)35-23-11-17(3)24-29-30(25(27)31(24)28-23)15-22(33)19-12-18(16-34-10-9-32)13-20(14-19)26(4,5)6/h11-14,21,27,32H,7-10,15-16H2,1-6H3. The van der Waals surface area contributed by atoms with Crippen LogP contribution < -0.4 is 10.4 Å². The molecule has 0 spiro atoms. The number of aliphatic hydroxyl groups excluding tert-OH is 1. The maximum atomic E-state index is 13.3. The molecule has 0 aliphatic heterocycles. The minimum Gasteiger partial charge on any atom is -0.473 e. The van der Waals surface area contributed by atoms with Gasteiger partial charge < -0.3 is 14.6 Å². The first-order chi connectivity index (χ1) is 16.6. The molecule has 0 unspecified atom stereocenters. The molecule has 0 radical (unpaired) electrons. The molecule has 0 aliphatic carbocycles. The highest BCUT2D eigenvalue weighted by molar-refractivity contribution is 5.96. The number of aromatic nitrogens is 4. The van der Waals surface area contributed by atoms with Crippen LogP contribution in [0.25, 0.3) is 5.65 Å². The number of ketones is 1. The molecular weight excluding hydrogens is 446 g/mol. The van der Waals surface area contributed by atoms with E-state index in [1.165, 1.54) is 9.20 Å². The number of fused-ring (bicyclic) bond motifs is 1. The van der Waals surface area contributed by atoms with Crippen LogP contribution in [0.2, 0.25) is 0 Å². The van der Waals surface area contributed by atoms with Crippen molar-refractivity contribution in [1.29, 1.82) is 5.41 Å². The zero-order valence-corrected chi connectivity index (χ0v) is 21.6. The van der Waals surface area contributed by atoms with Gasteiger partial charge in [-0.25, -0.2) is 4.68 Å². The lowest BCUT2D eigenvalue weighted by Crippen LogP contribution is -2.27. The number of ether oxygens (including phenoxy) is 2. The van der Waals surface area contributed by atoms with Gasteiger partial charge in [0.05, 0.1) is 25.9 Å². The zero-order valence-electron chi connectivity index (χ0n) is 21.6. The minimum atomic E-state index is -0.162. The maximum absolute atomic E-state index is 13.3. The van der Waals surface area contributed by atoms with Crippen molar-refractivity contribution in [2.75, 3.05) is 13.2 Å². The van der Waals surface area contributed by atoms with Gasteiger partial charge in [-0.2, -0.15) is 4.52 Å². The molecule has 190 valence electrons. The largest absolute Gasteiger partial charge is 0.473 e. The molecule has 35 heavy (non-hydrogen) atoms. The van der Waals surface area contributed by atoms with Crippen LogP contribution in [-0.4, -0.2) is 49.6 Å². The summed E-state index contributed by atoms with van der Waals surface area (Å²) in [5.41, 5.74) is 3.58. The minimum absolute atomic E-state index is 0.00456. The lowest BCUT2D eigenvalue weighted by atomic mass is 9.84. The van der Waals surface area contributed by atoms with E-state index >= 15 is 0 Å². The van der Waals surface area contributed by atoms with Crippen LogP contribution in [0.15, 0.2) is 24.3 Å². The van der Waals surface area contributed by atoms with Crippen molar-refractivity contribution in [1.82, 2.24) is 19.4 Å². The smallest absolute Gasteiger partial charge is 0.242 e. The molecule has 0 saturated heterocycles. The van der Waals surface area contributed by atoms with Crippen molar-refractivity contribution in [2.45, 2.75) is 79.1 Å². The number of nitrogens with one attached hydrogen (secondary N) is 1. The van der Waals surface area contributed by atoms with E-state index in [4.69, 9.17) is 20.0 Å². The van der Waals surface area contributed by atoms with Gasteiger partial charge in [0, 0.05) is 17.2 Å². The Hall–Kier alpha value is -3.04. The Labute approximate surface area is 206 Å². The maximum Gasteiger partial charge on any atom is 0.242 e. The lowest BCUT2D eigenvalue weighted by molar-refractivity contribution is 0.0813. The highest BCUT2D eigenvalue weighted by Crippen LogP contribution is 2.25. The molecule has 3 rings (SSSR count). The van der Waals surface area contributed by atoms with E-state index in [0.29, 0.717) is 23.7 Å². The van der Waals surface area contributed by atoms with Gasteiger partial charge in [-0.15, -0.1) is 10.2 Å². The summed E-state index contributed by atoms with van der Waals surface area (Å²) in [6, 6.07) is 7.54. The van der Waals surface area contributed by atoms with Gasteiger partial charge in [-0.1, -0.05) is 40.7 Å². The molecule has 3 aromatic rings. The van der Waals surface area contributed by atoms with E-state index in [2.05, 4.69) is 44.8 Å². The van der Waals surface area contributed by atoms with Crippen molar-refractivity contribution >= 4 is 11.4 Å². The second-order valence-corrected chi connectivity index (χ2v) is 9.81. The SMILES string of the molecule is CCC(CC)Oc1cc(C)c2nn(CC(=O)c3cc(COCCO)cc(C(C)(C)C)c3)c(=N)n2n1. The lowest BCUT2D eigenvalue weighted by Gasteiger charge is -2.21. The average Bonchev–Trinajstić information content (AvgIpc) is 3.12. The zero-order chi connectivity index (χ0) is 25.8. The predicted octanol–water partition coefficient (Wildman–Crippen LogP) is 3.58. The van der Waals surface area contributed by atoms with Gasteiger partial charge in [0.1, 0.15) is 6.54 Å². The van der Waals surface area contributed by atoms with Crippen molar-refractivity contribution in [3.8, 4) is 5.88 Å². The Morgan fingerprint density at radius 2 is 1.86 bits per heavy atom. The van der Waals surface area contributed by atoms with Gasteiger partial charge in [0.25, 0.3) is 0 Å². The van der Waals surface area contributed by atoms with Crippen LogP contribution in [0.4, 0.5) is 0 Å². The third-order valence-electron chi connectivity index (χ3n) is 5.93. The topological polar surface area (TPSA) is 115 Å². The number of aryl methyl sites for hydroxylation is 1. The Morgan fingerprint density at radius 1 is 1.14 bits per heavy atom. The van der Waals surface area contributed by atoms with Crippen molar-refractivity contribution in [2.24, 2.45) is 0 Å². The van der Waals surface area contributed by atoms with Crippen molar-refractivity contribution < 1.29 is 19.4 Å². The molecule has 2 N–H and O–H groups in total. The number of Topliss-reactive ketones (excluding diaryl/α,β-unsaturated/α-hetero) is 1. The third-order valence-corrected chi connectivity index (χ3v) is 5.93. The molecule has 1 aromatic carbocycles. The van der Waals surface area contributed by atoms with Gasteiger partial charge in [-0.05, 0) is 48.4 Å². The first-order valence-corrected chi connectivity index (χ1v) is 12.1. The molecule has 0 bridgehead atoms. The van der Waals surface area contributed by atoms with Crippen LogP contribution >= 0.6 is 0 Å². The molecule has 0 amide bonds. The molecule has 2 aromatic heterocycles. The summed E-state index contributed by atoms with van der Waals surface area (Å²) in [5, 5.41) is 26.5. The molecule has 2 heterocycles. The van der Waals surface area contributed by atoms with Crippen molar-refractivity contribution in [3.63, 3.8) is 0 Å². The summed E-state index contributed by atoms with van der Waals surface area (Å²) in [6.45, 7) is 12.7. The molecule has 0 aliphatic rings. The number of benzene rings is 1. The fraction of sp³-hybridized carbons (Fsp3) is 0.538. The van der Waals surface area contributed by atoms with Crippen LogP contribution in [0.3, 0.4) is 0 Å². The normalized spacial score (nSPS) is 12.0. The Balaban J connectivity index is 1.93. The van der Waals surface area contributed by atoms with Gasteiger partial charge in [-0.3, -0.25) is 10.2 Å². The van der Waals surface area contributed by atoms with Gasteiger partial charge >= 0.3 is 0 Å². The fourth-order valence-electron chi connectivity index (χ4n) is 3.78. The summed E-state index contributed by atoms with van der Waals surface area (Å²) in [6.07, 6.45) is 1.78. The highest BCUT2D eigenvalue weighted by atomic mass is 16.5. The van der Waals surface area contributed by atoms with E-state index in [1.807, 2.05) is 25.1 Å². The Bertz CT molecular complexity index is 1230. The molecule has 0 saturated carbocycles. The van der Waals surface area contributed by atoms with E-state index in [1.54, 1.807) is 6.07 Å². The Kier molecular flexibility index (Phi) is 8.45. The van der Waals surface area contributed by atoms with Crippen LogP contribution in [0.5, 0.6) is 5.88 Å². The number of nitrogens with zero attached hydrogens (tertiary/aromatic N) is 4. The summed E-state index contributed by atoms with van der Waals surface area (Å²) >= 11 is 0. The number of aliphatic hydroxyl groups is 1. The number of carbonyl (C=O) groups excluding carboxylic acids is 1. The Morgan fingerprint density at radius 3 is 2.49 bits per heavy atom. The van der Waals surface area contributed by atoms with Gasteiger partial charge in [0.15, 0.2) is 11.4 Å². The summed E-state index contributed by atoms with van der Waals surface area (Å²) < 4.78 is 14.2. The molecule has 9 heteroatoms. The first-order valence-electron chi connectivity index (χ1n) is 12.1. The van der Waals surface area contributed by atoms with Crippen LogP contribution in [0.1, 0.15) is 74.5 Å². The first kappa shape index (κ1) is 26.6. The van der Waals surface area contributed by atoms with Crippen LogP contribution in [0, 0.1) is 12.3 Å². The fourth-order valence-corrected chi connectivity index (χ4v) is 3.78. The van der Waals surface area contributed by atoms with E-state index in [-0.39, 0.29) is 42.7 Å². The number of hydrogen-bond acceptors (Lipinski definition) is 7. The highest BCUT2D eigenvalue weighted by Gasteiger charge is 2.20. The van der Waals surface area contributed by atoms with Gasteiger partial charge in [0.2, 0.25) is 11.5 Å². The number of carbonyl (C=O) groups is 1. The van der Waals surface area contributed by atoms with E-state index in [0.717, 1.165) is 29.5 Å². The average molecular weight is 484 g/mol. The summed E-state index contributed by atoms with van der Waals surface area (Å²) in [7, 11) is 0. The van der Waals surface area contributed by atoms with Crippen molar-refractivity contribution in [3.05, 3.63) is 52.1 Å². The number of hydrogen-bond donors (Lipinski definition) is 2. The van der Waals surface area contributed by atoms with E-state index < -0.39 is 0 Å².